The molecule has 2 aromatic heterocycles. The van der Waals surface area contributed by atoms with E-state index in [-0.39, 0.29) is 5.56 Å². The first-order chi connectivity index (χ1) is 14.2. The second-order valence-corrected chi connectivity index (χ2v) is 8.83. The van der Waals surface area contributed by atoms with Crippen LogP contribution >= 0.6 is 11.8 Å². The highest BCUT2D eigenvalue weighted by molar-refractivity contribution is 7.98. The quantitative estimate of drug-likeness (QED) is 0.491. The Balaban J connectivity index is 1.41. The number of benzene rings is 1. The number of fused-ring (bicyclic) bond motifs is 4. The average molecular weight is 405 g/mol. The van der Waals surface area contributed by atoms with Gasteiger partial charge in [-0.3, -0.25) is 9.69 Å². The van der Waals surface area contributed by atoms with E-state index >= 15 is 0 Å². The van der Waals surface area contributed by atoms with Crippen molar-refractivity contribution in [3.8, 4) is 11.1 Å². The van der Waals surface area contributed by atoms with Crippen LogP contribution in [0.25, 0.3) is 11.1 Å². The van der Waals surface area contributed by atoms with E-state index < -0.39 is 0 Å². The normalized spacial score (nSPS) is 21.0. The summed E-state index contributed by atoms with van der Waals surface area (Å²) in [5, 5.41) is 0.811. The van der Waals surface area contributed by atoms with Crippen LogP contribution in [0.15, 0.2) is 64.8 Å². The average Bonchev–Trinajstić information content (AvgIpc) is 2.75. The molecule has 0 radical (unpaired) electrons. The molecular weight excluding hydrogens is 380 g/mol. The third kappa shape index (κ3) is 3.74. The Hall–Kier alpha value is -2.44. The lowest BCUT2D eigenvalue weighted by Crippen LogP contribution is -2.46. The summed E-state index contributed by atoms with van der Waals surface area (Å²) in [6, 6.07) is 14.2. The van der Waals surface area contributed by atoms with Crippen LogP contribution in [0.3, 0.4) is 0 Å². The lowest BCUT2D eigenvalue weighted by atomic mass is 9.82. The van der Waals surface area contributed by atoms with Crippen LogP contribution in [0, 0.1) is 5.92 Å². The number of aromatic nitrogens is 3. The van der Waals surface area contributed by atoms with Crippen LogP contribution < -0.4 is 5.56 Å². The molecule has 2 bridgehead atoms. The maximum atomic E-state index is 12.9. The first kappa shape index (κ1) is 18.6. The zero-order chi connectivity index (χ0) is 19.8. The van der Waals surface area contributed by atoms with E-state index in [1.165, 1.54) is 5.69 Å². The van der Waals surface area contributed by atoms with E-state index in [0.717, 1.165) is 54.4 Å². The van der Waals surface area contributed by atoms with Crippen LogP contribution in [0.4, 0.5) is 0 Å². The maximum absolute atomic E-state index is 12.9. The lowest BCUT2D eigenvalue weighted by molar-refractivity contribution is 0.114. The SMILES string of the molecule is CSc1ncc(CN2C[C@@H]3C[C@H](C2)c2cc(-c4ccccc4)cc(=O)n2C3)cn1. The van der Waals surface area contributed by atoms with E-state index in [0.29, 0.717) is 11.8 Å². The van der Waals surface area contributed by atoms with Gasteiger partial charge in [-0.1, -0.05) is 42.1 Å². The van der Waals surface area contributed by atoms with Crippen LogP contribution in [0.2, 0.25) is 0 Å². The molecule has 1 aromatic carbocycles. The van der Waals surface area contributed by atoms with Gasteiger partial charge in [0, 0.05) is 61.8 Å². The third-order valence-electron chi connectivity index (χ3n) is 6.01. The van der Waals surface area contributed by atoms with Crippen LogP contribution in [0.5, 0.6) is 0 Å². The van der Waals surface area contributed by atoms with Crippen LogP contribution in [-0.4, -0.2) is 38.8 Å². The van der Waals surface area contributed by atoms with Gasteiger partial charge in [-0.15, -0.1) is 0 Å². The number of hydrogen-bond donors (Lipinski definition) is 0. The topological polar surface area (TPSA) is 51.0 Å². The van der Waals surface area contributed by atoms with E-state index in [4.69, 9.17) is 0 Å². The van der Waals surface area contributed by atoms with Crippen molar-refractivity contribution in [2.75, 3.05) is 19.3 Å². The Morgan fingerprint density at radius 3 is 2.59 bits per heavy atom. The van der Waals surface area contributed by atoms with Gasteiger partial charge in [0.15, 0.2) is 5.16 Å². The summed E-state index contributed by atoms with van der Waals surface area (Å²) < 4.78 is 2.01. The van der Waals surface area contributed by atoms with E-state index in [9.17, 15) is 4.79 Å². The third-order valence-corrected chi connectivity index (χ3v) is 6.59. The Morgan fingerprint density at radius 2 is 1.83 bits per heavy atom. The highest BCUT2D eigenvalue weighted by Gasteiger charge is 2.34. The van der Waals surface area contributed by atoms with E-state index in [2.05, 4.69) is 33.1 Å². The molecule has 2 atom stereocenters. The molecule has 2 aliphatic heterocycles. The lowest BCUT2D eigenvalue weighted by Gasteiger charge is -2.43. The van der Waals surface area contributed by atoms with Crippen molar-refractivity contribution >= 4 is 11.8 Å². The molecule has 1 fully saturated rings. The molecule has 0 saturated carbocycles. The van der Waals surface area contributed by atoms with E-state index in [1.54, 1.807) is 17.8 Å². The van der Waals surface area contributed by atoms with Crippen molar-refractivity contribution in [2.45, 2.75) is 30.6 Å². The summed E-state index contributed by atoms with van der Waals surface area (Å²) >= 11 is 1.56. The smallest absolute Gasteiger partial charge is 0.251 e. The number of thioether (sulfide) groups is 1. The molecular formula is C23H24N4OS. The number of likely N-dealkylation sites (tertiary alicyclic amines) is 1. The molecule has 1 saturated heterocycles. The molecule has 3 aromatic rings. The number of piperidine rings is 1. The molecule has 0 N–H and O–H groups in total. The second-order valence-electron chi connectivity index (χ2n) is 8.05. The van der Waals surface area contributed by atoms with Gasteiger partial charge in [0.1, 0.15) is 0 Å². The zero-order valence-electron chi connectivity index (χ0n) is 16.5. The minimum Gasteiger partial charge on any atom is -0.312 e. The highest BCUT2D eigenvalue weighted by atomic mass is 32.2. The molecule has 148 valence electrons. The zero-order valence-corrected chi connectivity index (χ0v) is 17.3. The Kier molecular flexibility index (Phi) is 4.97. The molecule has 0 aliphatic carbocycles. The molecule has 4 heterocycles. The standard InChI is InChI=1S/C23H24N4OS/c1-29-23-24-10-17(11-25-23)13-26-12-16-7-20(15-26)21-8-19(9-22(28)27(21)14-16)18-5-3-2-4-6-18/h2-6,8-11,16,20H,7,12-15H2,1H3/t16-,20+/m0/s1. The number of hydrogen-bond acceptors (Lipinski definition) is 5. The first-order valence-electron chi connectivity index (χ1n) is 10.1. The van der Waals surface area contributed by atoms with Crippen LogP contribution in [-0.2, 0) is 13.1 Å². The van der Waals surface area contributed by atoms with Crippen molar-refractivity contribution < 1.29 is 0 Å². The first-order valence-corrected chi connectivity index (χ1v) is 11.3. The number of rotatable bonds is 4. The molecule has 0 unspecified atom stereocenters. The summed E-state index contributed by atoms with van der Waals surface area (Å²) in [6.45, 7) is 3.67. The fraction of sp³-hybridized carbons (Fsp3) is 0.348. The minimum atomic E-state index is 0.130. The van der Waals surface area contributed by atoms with Crippen LogP contribution in [0.1, 0.15) is 23.6 Å². The fourth-order valence-corrected chi connectivity index (χ4v) is 5.09. The maximum Gasteiger partial charge on any atom is 0.251 e. The molecule has 0 spiro atoms. The monoisotopic (exact) mass is 404 g/mol. The highest BCUT2D eigenvalue weighted by Crippen LogP contribution is 2.37. The molecule has 5 nitrogen and oxygen atoms in total. The summed E-state index contributed by atoms with van der Waals surface area (Å²) in [4.78, 5) is 24.2. The van der Waals surface area contributed by atoms with Gasteiger partial charge >= 0.3 is 0 Å². The summed E-state index contributed by atoms with van der Waals surface area (Å²) in [6.07, 6.45) is 7.03. The van der Waals surface area contributed by atoms with Gasteiger partial charge in [-0.05, 0) is 35.8 Å². The van der Waals surface area contributed by atoms with Gasteiger partial charge in [0.05, 0.1) is 0 Å². The molecule has 2 aliphatic rings. The molecule has 29 heavy (non-hydrogen) atoms. The Labute approximate surface area is 174 Å². The predicted octanol–water partition coefficient (Wildman–Crippen LogP) is 3.65. The van der Waals surface area contributed by atoms with Crippen molar-refractivity contribution in [2.24, 2.45) is 5.92 Å². The summed E-state index contributed by atoms with van der Waals surface area (Å²) in [7, 11) is 0. The minimum absolute atomic E-state index is 0.130. The van der Waals surface area contributed by atoms with Gasteiger partial charge in [0.25, 0.3) is 5.56 Å². The molecule has 0 amide bonds. The predicted molar refractivity (Wildman–Crippen MR) is 116 cm³/mol. The number of nitrogens with zero attached hydrogens (tertiary/aromatic N) is 4. The van der Waals surface area contributed by atoms with Crippen molar-refractivity contribution in [1.29, 1.82) is 0 Å². The van der Waals surface area contributed by atoms with Gasteiger partial charge in [-0.2, -0.15) is 0 Å². The van der Waals surface area contributed by atoms with Gasteiger partial charge in [0.2, 0.25) is 0 Å². The van der Waals surface area contributed by atoms with Gasteiger partial charge < -0.3 is 4.57 Å². The summed E-state index contributed by atoms with van der Waals surface area (Å²) in [5.41, 5.74) is 4.60. The Bertz CT molecular complexity index is 1060. The fourth-order valence-electron chi connectivity index (χ4n) is 4.77. The largest absolute Gasteiger partial charge is 0.312 e. The summed E-state index contributed by atoms with van der Waals surface area (Å²) in [5.74, 6) is 0.915. The van der Waals surface area contributed by atoms with E-state index in [1.807, 2.05) is 41.4 Å². The van der Waals surface area contributed by atoms with Crippen molar-refractivity contribution in [1.82, 2.24) is 19.4 Å². The molecule has 5 rings (SSSR count). The Morgan fingerprint density at radius 1 is 1.03 bits per heavy atom. The van der Waals surface area contributed by atoms with Crippen molar-refractivity contribution in [3.63, 3.8) is 0 Å². The second kappa shape index (κ2) is 7.76. The van der Waals surface area contributed by atoms with Crippen molar-refractivity contribution in [3.05, 3.63) is 76.5 Å². The van der Waals surface area contributed by atoms with Gasteiger partial charge in [-0.25, -0.2) is 9.97 Å². The molecule has 6 heteroatoms. The number of pyridine rings is 1.